The van der Waals surface area contributed by atoms with E-state index >= 15 is 0 Å². The van der Waals surface area contributed by atoms with E-state index in [1.165, 1.54) is 4.90 Å². The third-order valence-corrected chi connectivity index (χ3v) is 4.55. The van der Waals surface area contributed by atoms with Crippen LogP contribution in [0.15, 0.2) is 42.7 Å². The van der Waals surface area contributed by atoms with Crippen molar-refractivity contribution < 1.29 is 18.0 Å². The molecule has 2 heterocycles. The Morgan fingerprint density at radius 2 is 1.93 bits per heavy atom. The fourth-order valence-corrected chi connectivity index (χ4v) is 3.08. The first-order valence-corrected chi connectivity index (χ1v) is 8.79. The molecule has 27 heavy (non-hydrogen) atoms. The average molecular weight is 381 g/mol. The molecule has 0 spiro atoms. The van der Waals surface area contributed by atoms with Crippen LogP contribution in [-0.2, 0) is 6.54 Å². The average Bonchev–Trinajstić information content (AvgIpc) is 3.15. The molecule has 9 heteroatoms. The number of nitrogens with zero attached hydrogens (tertiary/aromatic N) is 3. The van der Waals surface area contributed by atoms with Crippen molar-refractivity contribution in [1.29, 1.82) is 0 Å². The minimum Gasteiger partial charge on any atom is -0.350 e. The van der Waals surface area contributed by atoms with Gasteiger partial charge in [-0.25, -0.2) is 0 Å². The Morgan fingerprint density at radius 3 is 2.52 bits per heavy atom. The Morgan fingerprint density at radius 1 is 1.22 bits per heavy atom. The molecule has 6 nitrogen and oxygen atoms in total. The lowest BCUT2D eigenvalue weighted by atomic mass is 10.1. The number of carbonyl (C=O) groups excluding carboxylic acids is 1. The number of hydrogen-bond acceptors (Lipinski definition) is 4. The van der Waals surface area contributed by atoms with Crippen molar-refractivity contribution in [3.05, 3.63) is 53.9 Å². The summed E-state index contributed by atoms with van der Waals surface area (Å²) in [5.41, 5.74) is 1.28. The molecule has 0 aliphatic carbocycles. The normalized spacial score (nSPS) is 16.9. The standard InChI is InChI=1S/C18H22F3N5O/c19-18(20,21)16(25-10-7-22-8-11-25)12-23-17(27)15-4-2-14(3-5-15)13-26-9-1-6-24-26/h1-6,9,16,22H,7-8,10-13H2,(H,23,27). The number of aromatic nitrogens is 2. The molecule has 1 aromatic carbocycles. The van der Waals surface area contributed by atoms with Crippen molar-refractivity contribution in [2.24, 2.45) is 0 Å². The van der Waals surface area contributed by atoms with E-state index < -0.39 is 24.7 Å². The van der Waals surface area contributed by atoms with Crippen molar-refractivity contribution in [3.8, 4) is 0 Å². The van der Waals surface area contributed by atoms with Crippen LogP contribution in [0.2, 0.25) is 0 Å². The molecule has 1 aromatic heterocycles. The Hall–Kier alpha value is -2.39. The van der Waals surface area contributed by atoms with Crippen molar-refractivity contribution in [2.45, 2.75) is 18.8 Å². The van der Waals surface area contributed by atoms with Gasteiger partial charge in [-0.05, 0) is 23.8 Å². The van der Waals surface area contributed by atoms with Crippen LogP contribution in [0.4, 0.5) is 13.2 Å². The number of amides is 1. The van der Waals surface area contributed by atoms with Gasteiger partial charge in [-0.15, -0.1) is 0 Å². The summed E-state index contributed by atoms with van der Waals surface area (Å²) in [6, 6.07) is 6.91. The molecule has 146 valence electrons. The van der Waals surface area contributed by atoms with E-state index in [0.29, 0.717) is 38.3 Å². The molecule has 1 aliphatic heterocycles. The number of piperazine rings is 1. The Balaban J connectivity index is 1.58. The van der Waals surface area contributed by atoms with Crippen LogP contribution < -0.4 is 10.6 Å². The summed E-state index contributed by atoms with van der Waals surface area (Å²) in [4.78, 5) is 13.6. The van der Waals surface area contributed by atoms with E-state index in [0.717, 1.165) is 5.56 Å². The quantitative estimate of drug-likeness (QED) is 0.796. The summed E-state index contributed by atoms with van der Waals surface area (Å²) in [7, 11) is 0. The predicted molar refractivity (Wildman–Crippen MR) is 94.4 cm³/mol. The van der Waals surface area contributed by atoms with Gasteiger partial charge in [0.1, 0.15) is 6.04 Å². The van der Waals surface area contributed by atoms with Crippen LogP contribution >= 0.6 is 0 Å². The Labute approximate surface area is 155 Å². The molecular formula is C18H22F3N5O. The first-order valence-electron chi connectivity index (χ1n) is 8.79. The maximum absolute atomic E-state index is 13.4. The third-order valence-electron chi connectivity index (χ3n) is 4.55. The highest BCUT2D eigenvalue weighted by Crippen LogP contribution is 2.24. The molecule has 0 radical (unpaired) electrons. The molecule has 1 saturated heterocycles. The summed E-state index contributed by atoms with van der Waals surface area (Å²) >= 11 is 0. The second kappa shape index (κ2) is 8.53. The van der Waals surface area contributed by atoms with E-state index in [4.69, 9.17) is 0 Å². The van der Waals surface area contributed by atoms with E-state index in [1.54, 1.807) is 35.1 Å². The number of nitrogens with one attached hydrogen (secondary N) is 2. The number of halogens is 3. The SMILES string of the molecule is O=C(NCC(N1CCNCC1)C(F)(F)F)c1ccc(Cn2cccn2)cc1. The first-order chi connectivity index (χ1) is 12.9. The zero-order valence-electron chi connectivity index (χ0n) is 14.7. The van der Waals surface area contributed by atoms with Crippen molar-refractivity contribution >= 4 is 5.91 Å². The van der Waals surface area contributed by atoms with Gasteiger partial charge in [-0.1, -0.05) is 12.1 Å². The third kappa shape index (κ3) is 5.30. The molecule has 1 fully saturated rings. The largest absolute Gasteiger partial charge is 0.405 e. The summed E-state index contributed by atoms with van der Waals surface area (Å²) < 4.78 is 41.9. The molecule has 3 rings (SSSR count). The lowest BCUT2D eigenvalue weighted by molar-refractivity contribution is -0.183. The van der Waals surface area contributed by atoms with Crippen LogP contribution in [0.5, 0.6) is 0 Å². The fraction of sp³-hybridized carbons (Fsp3) is 0.444. The molecule has 2 N–H and O–H groups in total. The fourth-order valence-electron chi connectivity index (χ4n) is 3.08. The number of hydrogen-bond donors (Lipinski definition) is 2. The van der Waals surface area contributed by atoms with Gasteiger partial charge in [-0.2, -0.15) is 18.3 Å². The number of carbonyl (C=O) groups is 1. The van der Waals surface area contributed by atoms with Gasteiger partial charge in [0.05, 0.1) is 6.54 Å². The maximum Gasteiger partial charge on any atom is 0.405 e. The Bertz CT molecular complexity index is 724. The van der Waals surface area contributed by atoms with Crippen LogP contribution in [0.1, 0.15) is 15.9 Å². The highest BCUT2D eigenvalue weighted by Gasteiger charge is 2.43. The van der Waals surface area contributed by atoms with Crippen LogP contribution in [0.3, 0.4) is 0 Å². The summed E-state index contributed by atoms with van der Waals surface area (Å²) in [5.74, 6) is -0.509. The Kier molecular flexibility index (Phi) is 6.12. The van der Waals surface area contributed by atoms with E-state index in [2.05, 4.69) is 15.7 Å². The lowest BCUT2D eigenvalue weighted by Crippen LogP contribution is -2.57. The zero-order valence-corrected chi connectivity index (χ0v) is 14.7. The van der Waals surface area contributed by atoms with Gasteiger partial charge in [0, 0.05) is 50.7 Å². The topological polar surface area (TPSA) is 62.2 Å². The molecule has 1 atom stereocenters. The monoisotopic (exact) mass is 381 g/mol. The first kappa shape index (κ1) is 19.4. The molecular weight excluding hydrogens is 359 g/mol. The number of benzene rings is 1. The van der Waals surface area contributed by atoms with Crippen molar-refractivity contribution in [2.75, 3.05) is 32.7 Å². The van der Waals surface area contributed by atoms with Crippen LogP contribution in [-0.4, -0.2) is 65.5 Å². The van der Waals surface area contributed by atoms with Crippen LogP contribution in [0.25, 0.3) is 0 Å². The van der Waals surface area contributed by atoms with Gasteiger partial charge < -0.3 is 10.6 Å². The van der Waals surface area contributed by atoms with Gasteiger partial charge in [-0.3, -0.25) is 14.4 Å². The van der Waals surface area contributed by atoms with Crippen molar-refractivity contribution in [3.63, 3.8) is 0 Å². The van der Waals surface area contributed by atoms with Crippen LogP contribution in [0, 0.1) is 0 Å². The number of rotatable bonds is 6. The summed E-state index contributed by atoms with van der Waals surface area (Å²) in [6.45, 7) is 1.74. The smallest absolute Gasteiger partial charge is 0.350 e. The van der Waals surface area contributed by atoms with E-state index in [-0.39, 0.29) is 0 Å². The number of alkyl halides is 3. The van der Waals surface area contributed by atoms with E-state index in [1.807, 2.05) is 12.3 Å². The summed E-state index contributed by atoms with van der Waals surface area (Å²) in [6.07, 6.45) is -0.885. The van der Waals surface area contributed by atoms with Gasteiger partial charge >= 0.3 is 6.18 Å². The minimum absolute atomic E-state index is 0.308. The second-order valence-electron chi connectivity index (χ2n) is 6.45. The molecule has 1 amide bonds. The predicted octanol–water partition coefficient (Wildman–Crippen LogP) is 1.50. The second-order valence-corrected chi connectivity index (χ2v) is 6.45. The maximum atomic E-state index is 13.4. The molecule has 0 bridgehead atoms. The van der Waals surface area contributed by atoms with Gasteiger partial charge in [0.25, 0.3) is 5.91 Å². The molecule has 1 unspecified atom stereocenters. The minimum atomic E-state index is -4.39. The molecule has 0 saturated carbocycles. The zero-order chi connectivity index (χ0) is 19.3. The van der Waals surface area contributed by atoms with Gasteiger partial charge in [0.2, 0.25) is 0 Å². The van der Waals surface area contributed by atoms with Gasteiger partial charge in [0.15, 0.2) is 0 Å². The molecule has 2 aromatic rings. The summed E-state index contributed by atoms with van der Waals surface area (Å²) in [5, 5.41) is 9.57. The lowest BCUT2D eigenvalue weighted by Gasteiger charge is -2.35. The molecule has 1 aliphatic rings. The van der Waals surface area contributed by atoms with E-state index in [9.17, 15) is 18.0 Å². The highest BCUT2D eigenvalue weighted by molar-refractivity contribution is 5.94. The van der Waals surface area contributed by atoms with Crippen molar-refractivity contribution in [1.82, 2.24) is 25.3 Å². The highest BCUT2D eigenvalue weighted by atomic mass is 19.4.